The van der Waals surface area contributed by atoms with Crippen molar-refractivity contribution in [2.24, 2.45) is 0 Å². The number of nitrogens with one attached hydrogen (secondary N) is 1. The normalized spacial score (nSPS) is 13.1. The number of hydrogen-bond acceptors (Lipinski definition) is 6. The standard InChI is InChI=1S/C22H17N5O4/c28-20(23-9-8-19-25-24-18-5-1-2-10-26(18)19)14-6-7-16-17(12-14)22(30)27(21(16)29)13-15-4-3-11-31-15/h1-7,10-12H,8-9,13H2,(H,23,28). The number of amides is 3. The summed E-state index contributed by atoms with van der Waals surface area (Å²) in [5.74, 6) is 0.0667. The molecule has 0 bridgehead atoms. The molecule has 9 heteroatoms. The SMILES string of the molecule is O=C(NCCc1nnc2ccccn12)c1ccc2c(c1)C(=O)N(Cc1ccco1)C2=O. The molecule has 1 aliphatic rings. The minimum absolute atomic E-state index is 0.0488. The molecule has 0 fully saturated rings. The van der Waals surface area contributed by atoms with Crippen molar-refractivity contribution in [2.45, 2.75) is 13.0 Å². The highest BCUT2D eigenvalue weighted by Crippen LogP contribution is 2.25. The summed E-state index contributed by atoms with van der Waals surface area (Å²) in [6.07, 6.45) is 3.85. The lowest BCUT2D eigenvalue weighted by Crippen LogP contribution is -2.29. The topological polar surface area (TPSA) is 110 Å². The van der Waals surface area contributed by atoms with Gasteiger partial charge in [-0.2, -0.15) is 0 Å². The molecule has 31 heavy (non-hydrogen) atoms. The van der Waals surface area contributed by atoms with Crippen LogP contribution >= 0.6 is 0 Å². The zero-order valence-electron chi connectivity index (χ0n) is 16.3. The Balaban J connectivity index is 1.27. The van der Waals surface area contributed by atoms with Crippen molar-refractivity contribution >= 4 is 23.4 Å². The van der Waals surface area contributed by atoms with Gasteiger partial charge in [0.15, 0.2) is 5.65 Å². The Hall–Kier alpha value is -4.27. The Morgan fingerprint density at radius 1 is 1.00 bits per heavy atom. The summed E-state index contributed by atoms with van der Waals surface area (Å²) in [4.78, 5) is 39.0. The van der Waals surface area contributed by atoms with Gasteiger partial charge in [-0.1, -0.05) is 6.07 Å². The Bertz CT molecular complexity index is 1310. The zero-order chi connectivity index (χ0) is 21.4. The lowest BCUT2D eigenvalue weighted by Gasteiger charge is -2.11. The maximum Gasteiger partial charge on any atom is 0.261 e. The van der Waals surface area contributed by atoms with E-state index in [0.717, 1.165) is 16.4 Å². The smallest absolute Gasteiger partial charge is 0.261 e. The summed E-state index contributed by atoms with van der Waals surface area (Å²) in [6.45, 7) is 0.399. The van der Waals surface area contributed by atoms with Crippen molar-refractivity contribution in [1.29, 1.82) is 0 Å². The van der Waals surface area contributed by atoms with Gasteiger partial charge >= 0.3 is 0 Å². The van der Waals surface area contributed by atoms with Crippen LogP contribution in [0.5, 0.6) is 0 Å². The molecule has 4 aromatic rings. The maximum atomic E-state index is 12.7. The van der Waals surface area contributed by atoms with Crippen molar-refractivity contribution in [3.63, 3.8) is 0 Å². The lowest BCUT2D eigenvalue weighted by molar-refractivity contribution is 0.0631. The Labute approximate surface area is 176 Å². The second kappa shape index (κ2) is 7.52. The van der Waals surface area contributed by atoms with Gasteiger partial charge in [-0.05, 0) is 42.5 Å². The quantitative estimate of drug-likeness (QED) is 0.483. The number of pyridine rings is 1. The van der Waals surface area contributed by atoms with Crippen LogP contribution in [0.2, 0.25) is 0 Å². The lowest BCUT2D eigenvalue weighted by atomic mass is 10.1. The number of furan rings is 1. The highest BCUT2D eigenvalue weighted by atomic mass is 16.3. The van der Waals surface area contributed by atoms with E-state index in [0.29, 0.717) is 24.3 Å². The predicted molar refractivity (Wildman–Crippen MR) is 108 cm³/mol. The molecule has 0 unspecified atom stereocenters. The molecule has 1 aromatic carbocycles. The van der Waals surface area contributed by atoms with Crippen LogP contribution in [0, 0.1) is 0 Å². The van der Waals surface area contributed by atoms with Crippen molar-refractivity contribution in [3.05, 3.63) is 89.3 Å². The number of rotatable bonds is 6. The average Bonchev–Trinajstić information content (AvgIpc) is 3.50. The van der Waals surface area contributed by atoms with Crippen LogP contribution in [0.15, 0.2) is 65.4 Å². The molecular weight excluding hydrogens is 398 g/mol. The van der Waals surface area contributed by atoms with Gasteiger partial charge in [-0.25, -0.2) is 0 Å². The Morgan fingerprint density at radius 2 is 1.87 bits per heavy atom. The molecule has 3 amide bonds. The molecule has 0 saturated heterocycles. The summed E-state index contributed by atoms with van der Waals surface area (Å²) in [5.41, 5.74) is 1.55. The first-order valence-electron chi connectivity index (χ1n) is 9.71. The van der Waals surface area contributed by atoms with Crippen LogP contribution in [-0.2, 0) is 13.0 Å². The molecule has 4 heterocycles. The molecule has 5 rings (SSSR count). The number of benzene rings is 1. The van der Waals surface area contributed by atoms with Crippen molar-refractivity contribution in [1.82, 2.24) is 24.8 Å². The first-order chi connectivity index (χ1) is 15.1. The van der Waals surface area contributed by atoms with Crippen LogP contribution in [0.4, 0.5) is 0 Å². The fraction of sp³-hybridized carbons (Fsp3) is 0.136. The van der Waals surface area contributed by atoms with E-state index in [-0.39, 0.29) is 23.6 Å². The molecule has 0 atom stereocenters. The minimum Gasteiger partial charge on any atom is -0.467 e. The third-order valence-corrected chi connectivity index (χ3v) is 5.15. The fourth-order valence-electron chi connectivity index (χ4n) is 3.59. The number of fused-ring (bicyclic) bond motifs is 2. The number of carbonyl (C=O) groups is 3. The predicted octanol–water partition coefficient (Wildman–Crippen LogP) is 2.09. The third-order valence-electron chi connectivity index (χ3n) is 5.15. The second-order valence-electron chi connectivity index (χ2n) is 7.09. The van der Waals surface area contributed by atoms with Crippen molar-refractivity contribution < 1.29 is 18.8 Å². The Morgan fingerprint density at radius 3 is 2.71 bits per heavy atom. The molecule has 1 N–H and O–H groups in total. The van der Waals surface area contributed by atoms with E-state index < -0.39 is 11.8 Å². The number of imide groups is 1. The van der Waals surface area contributed by atoms with E-state index in [9.17, 15) is 14.4 Å². The maximum absolute atomic E-state index is 12.7. The van der Waals surface area contributed by atoms with Gasteiger partial charge in [0.2, 0.25) is 0 Å². The molecule has 0 spiro atoms. The molecule has 0 radical (unpaired) electrons. The van der Waals surface area contributed by atoms with Crippen LogP contribution < -0.4 is 5.32 Å². The van der Waals surface area contributed by atoms with E-state index in [1.54, 1.807) is 18.2 Å². The van der Waals surface area contributed by atoms with Gasteiger partial charge in [0.05, 0.1) is 23.9 Å². The summed E-state index contributed by atoms with van der Waals surface area (Å²) < 4.78 is 7.09. The van der Waals surface area contributed by atoms with Crippen molar-refractivity contribution in [3.8, 4) is 0 Å². The van der Waals surface area contributed by atoms with Gasteiger partial charge < -0.3 is 9.73 Å². The first-order valence-corrected chi connectivity index (χ1v) is 9.71. The van der Waals surface area contributed by atoms with E-state index in [1.807, 2.05) is 28.8 Å². The van der Waals surface area contributed by atoms with Crippen LogP contribution in [-0.4, -0.2) is 43.8 Å². The first kappa shape index (κ1) is 18.7. The summed E-state index contributed by atoms with van der Waals surface area (Å²) in [5, 5.41) is 11.0. The molecular formula is C22H17N5O4. The van der Waals surface area contributed by atoms with Crippen LogP contribution in [0.1, 0.15) is 42.7 Å². The van der Waals surface area contributed by atoms with E-state index in [2.05, 4.69) is 15.5 Å². The average molecular weight is 415 g/mol. The third kappa shape index (κ3) is 3.35. The molecule has 9 nitrogen and oxygen atoms in total. The number of nitrogens with zero attached hydrogens (tertiary/aromatic N) is 4. The van der Waals surface area contributed by atoms with Gasteiger partial charge in [0, 0.05) is 24.7 Å². The van der Waals surface area contributed by atoms with Gasteiger partial charge in [0.25, 0.3) is 17.7 Å². The monoisotopic (exact) mass is 415 g/mol. The highest BCUT2D eigenvalue weighted by molar-refractivity contribution is 6.22. The number of aromatic nitrogens is 3. The van der Waals surface area contributed by atoms with Crippen molar-refractivity contribution in [2.75, 3.05) is 6.54 Å². The Kier molecular flexibility index (Phi) is 4.55. The fourth-order valence-corrected chi connectivity index (χ4v) is 3.59. The van der Waals surface area contributed by atoms with E-state index >= 15 is 0 Å². The molecule has 1 aliphatic heterocycles. The molecule has 154 valence electrons. The molecule has 3 aromatic heterocycles. The van der Waals surface area contributed by atoms with Gasteiger partial charge in [-0.15, -0.1) is 10.2 Å². The van der Waals surface area contributed by atoms with E-state index in [1.165, 1.54) is 18.4 Å². The van der Waals surface area contributed by atoms with Crippen LogP contribution in [0.3, 0.4) is 0 Å². The summed E-state index contributed by atoms with van der Waals surface area (Å²) in [6, 6.07) is 13.5. The second-order valence-corrected chi connectivity index (χ2v) is 7.09. The zero-order valence-corrected chi connectivity index (χ0v) is 16.3. The largest absolute Gasteiger partial charge is 0.467 e. The van der Waals surface area contributed by atoms with Gasteiger partial charge in [-0.3, -0.25) is 23.7 Å². The van der Waals surface area contributed by atoms with E-state index in [4.69, 9.17) is 4.42 Å². The summed E-state index contributed by atoms with van der Waals surface area (Å²) in [7, 11) is 0. The minimum atomic E-state index is -0.444. The number of hydrogen-bond donors (Lipinski definition) is 1. The molecule has 0 saturated carbocycles. The number of carbonyl (C=O) groups excluding carboxylic acids is 3. The van der Waals surface area contributed by atoms with Crippen LogP contribution in [0.25, 0.3) is 5.65 Å². The summed E-state index contributed by atoms with van der Waals surface area (Å²) >= 11 is 0. The molecule has 0 aliphatic carbocycles. The van der Waals surface area contributed by atoms with Gasteiger partial charge in [0.1, 0.15) is 11.6 Å². The highest BCUT2D eigenvalue weighted by Gasteiger charge is 2.36.